The fourth-order valence-corrected chi connectivity index (χ4v) is 2.10. The Kier molecular flexibility index (Phi) is 6.13. The summed E-state index contributed by atoms with van der Waals surface area (Å²) in [4.78, 5) is 11.7. The molecular weight excluding hydrogens is 300 g/mol. The van der Waals surface area contributed by atoms with Crippen LogP contribution >= 0.6 is 11.6 Å². The molecule has 0 aliphatic carbocycles. The van der Waals surface area contributed by atoms with Gasteiger partial charge in [-0.15, -0.1) is 0 Å². The van der Waals surface area contributed by atoms with Crippen molar-refractivity contribution in [2.45, 2.75) is 18.9 Å². The number of benzene rings is 2. The Balaban J connectivity index is 1.78. The normalized spacial score (nSPS) is 12.3. The monoisotopic (exact) mass is 316 g/mol. The summed E-state index contributed by atoms with van der Waals surface area (Å²) in [5.74, 6) is -0.252. The SMILES string of the molecule is O=C(CC[C@H](O)c1ccccc1)N/N=C\c1ccccc1Cl. The predicted molar refractivity (Wildman–Crippen MR) is 87.8 cm³/mol. The second-order valence-corrected chi connectivity index (χ2v) is 5.19. The Hall–Kier alpha value is -2.17. The number of hydrogen-bond donors (Lipinski definition) is 2. The summed E-state index contributed by atoms with van der Waals surface area (Å²) >= 11 is 5.97. The van der Waals surface area contributed by atoms with Gasteiger partial charge in [0.1, 0.15) is 0 Å². The Morgan fingerprint density at radius 1 is 1.18 bits per heavy atom. The van der Waals surface area contributed by atoms with E-state index in [-0.39, 0.29) is 12.3 Å². The molecule has 1 atom stereocenters. The summed E-state index contributed by atoms with van der Waals surface area (Å²) in [6, 6.07) is 16.5. The number of aliphatic hydroxyl groups excluding tert-OH is 1. The molecular formula is C17H17ClN2O2. The number of nitrogens with zero attached hydrogens (tertiary/aromatic N) is 1. The maximum absolute atomic E-state index is 11.7. The highest BCUT2D eigenvalue weighted by molar-refractivity contribution is 6.33. The number of nitrogens with one attached hydrogen (secondary N) is 1. The summed E-state index contributed by atoms with van der Waals surface area (Å²) < 4.78 is 0. The molecule has 0 heterocycles. The topological polar surface area (TPSA) is 61.7 Å². The summed E-state index contributed by atoms with van der Waals surface area (Å²) in [5.41, 5.74) is 3.96. The molecule has 0 saturated carbocycles. The molecule has 2 aromatic carbocycles. The number of halogens is 1. The van der Waals surface area contributed by atoms with Gasteiger partial charge in [0.25, 0.3) is 0 Å². The molecule has 0 aromatic heterocycles. The first kappa shape index (κ1) is 16.2. The molecule has 0 saturated heterocycles. The molecule has 114 valence electrons. The van der Waals surface area contributed by atoms with Gasteiger partial charge in [0.2, 0.25) is 5.91 Å². The number of carbonyl (C=O) groups is 1. The van der Waals surface area contributed by atoms with Crippen LogP contribution in [0.5, 0.6) is 0 Å². The van der Waals surface area contributed by atoms with Crippen LogP contribution in [0.3, 0.4) is 0 Å². The number of carbonyl (C=O) groups excluding carboxylic acids is 1. The van der Waals surface area contributed by atoms with Crippen molar-refractivity contribution in [3.8, 4) is 0 Å². The van der Waals surface area contributed by atoms with Gasteiger partial charge >= 0.3 is 0 Å². The Morgan fingerprint density at radius 3 is 2.59 bits per heavy atom. The number of amides is 1. The predicted octanol–water partition coefficient (Wildman–Crippen LogP) is 3.30. The molecule has 2 N–H and O–H groups in total. The summed E-state index contributed by atoms with van der Waals surface area (Å²) in [6.07, 6.45) is 1.38. The number of hydrazone groups is 1. The van der Waals surface area contributed by atoms with Crippen LogP contribution in [0.15, 0.2) is 59.7 Å². The largest absolute Gasteiger partial charge is 0.388 e. The molecule has 2 rings (SSSR count). The average Bonchev–Trinajstić information content (AvgIpc) is 2.55. The minimum Gasteiger partial charge on any atom is -0.388 e. The summed E-state index contributed by atoms with van der Waals surface area (Å²) in [6.45, 7) is 0. The zero-order valence-electron chi connectivity index (χ0n) is 11.9. The van der Waals surface area contributed by atoms with Crippen LogP contribution in [0.1, 0.15) is 30.1 Å². The van der Waals surface area contributed by atoms with Crippen LogP contribution in [0.4, 0.5) is 0 Å². The van der Waals surface area contributed by atoms with E-state index in [0.717, 1.165) is 11.1 Å². The first-order valence-corrected chi connectivity index (χ1v) is 7.34. The van der Waals surface area contributed by atoms with Crippen LogP contribution in [-0.2, 0) is 4.79 Å². The van der Waals surface area contributed by atoms with E-state index in [1.807, 2.05) is 42.5 Å². The van der Waals surface area contributed by atoms with Crippen LogP contribution in [0.25, 0.3) is 0 Å². The first-order valence-electron chi connectivity index (χ1n) is 6.96. The minimum atomic E-state index is -0.653. The van der Waals surface area contributed by atoms with E-state index in [4.69, 9.17) is 11.6 Å². The van der Waals surface area contributed by atoms with E-state index in [1.54, 1.807) is 12.1 Å². The van der Waals surface area contributed by atoms with Gasteiger partial charge in [0.15, 0.2) is 0 Å². The average molecular weight is 317 g/mol. The third-order valence-electron chi connectivity index (χ3n) is 3.13. The van der Waals surface area contributed by atoms with Crippen LogP contribution in [0, 0.1) is 0 Å². The molecule has 22 heavy (non-hydrogen) atoms. The first-order chi connectivity index (χ1) is 10.7. The molecule has 0 bridgehead atoms. The molecule has 0 aliphatic heterocycles. The standard InChI is InChI=1S/C17H17ClN2O2/c18-15-9-5-4-8-14(15)12-19-20-17(22)11-10-16(21)13-6-2-1-3-7-13/h1-9,12,16,21H,10-11H2,(H,20,22)/b19-12-/t16-/m0/s1. The molecule has 0 unspecified atom stereocenters. The van der Waals surface area contributed by atoms with Gasteiger partial charge in [0, 0.05) is 17.0 Å². The second kappa shape index (κ2) is 8.32. The van der Waals surface area contributed by atoms with Crippen molar-refractivity contribution in [2.75, 3.05) is 0 Å². The van der Waals surface area contributed by atoms with Gasteiger partial charge in [-0.3, -0.25) is 4.79 Å². The van der Waals surface area contributed by atoms with Crippen molar-refractivity contribution in [1.82, 2.24) is 5.43 Å². The van der Waals surface area contributed by atoms with E-state index in [1.165, 1.54) is 6.21 Å². The summed E-state index contributed by atoms with van der Waals surface area (Å²) in [7, 11) is 0. The number of hydrogen-bond acceptors (Lipinski definition) is 3. The van der Waals surface area contributed by atoms with Gasteiger partial charge in [-0.25, -0.2) is 5.43 Å². The van der Waals surface area contributed by atoms with Crippen molar-refractivity contribution in [3.05, 3.63) is 70.7 Å². The maximum atomic E-state index is 11.7. The molecule has 0 radical (unpaired) electrons. The molecule has 5 heteroatoms. The zero-order chi connectivity index (χ0) is 15.8. The molecule has 1 amide bonds. The molecule has 4 nitrogen and oxygen atoms in total. The molecule has 0 aliphatic rings. The lowest BCUT2D eigenvalue weighted by Gasteiger charge is -2.09. The van der Waals surface area contributed by atoms with Gasteiger partial charge in [0.05, 0.1) is 12.3 Å². The van der Waals surface area contributed by atoms with Crippen molar-refractivity contribution in [3.63, 3.8) is 0 Å². The van der Waals surface area contributed by atoms with Crippen molar-refractivity contribution < 1.29 is 9.90 Å². The number of aliphatic hydroxyl groups is 1. The highest BCUT2D eigenvalue weighted by Crippen LogP contribution is 2.17. The molecule has 2 aromatic rings. The van der Waals surface area contributed by atoms with Crippen LogP contribution in [-0.4, -0.2) is 17.2 Å². The quantitative estimate of drug-likeness (QED) is 0.634. The van der Waals surface area contributed by atoms with Gasteiger partial charge in [-0.1, -0.05) is 60.1 Å². The lowest BCUT2D eigenvalue weighted by molar-refractivity contribution is -0.121. The lowest BCUT2D eigenvalue weighted by Crippen LogP contribution is -2.18. The smallest absolute Gasteiger partial charge is 0.240 e. The summed E-state index contributed by atoms with van der Waals surface area (Å²) in [5, 5.41) is 14.4. The third kappa shape index (κ3) is 4.98. The van der Waals surface area contributed by atoms with Gasteiger partial charge in [-0.2, -0.15) is 5.10 Å². The Bertz CT molecular complexity index is 644. The van der Waals surface area contributed by atoms with E-state index in [2.05, 4.69) is 10.5 Å². The van der Waals surface area contributed by atoms with Crippen LogP contribution < -0.4 is 5.43 Å². The molecule has 0 fully saturated rings. The van der Waals surface area contributed by atoms with Gasteiger partial charge in [-0.05, 0) is 18.1 Å². The van der Waals surface area contributed by atoms with Crippen LogP contribution in [0.2, 0.25) is 5.02 Å². The Morgan fingerprint density at radius 2 is 1.86 bits per heavy atom. The fourth-order valence-electron chi connectivity index (χ4n) is 1.92. The highest BCUT2D eigenvalue weighted by Gasteiger charge is 2.09. The number of rotatable bonds is 6. The second-order valence-electron chi connectivity index (χ2n) is 4.78. The van der Waals surface area contributed by atoms with E-state index in [0.29, 0.717) is 11.4 Å². The van der Waals surface area contributed by atoms with E-state index < -0.39 is 6.10 Å². The van der Waals surface area contributed by atoms with E-state index >= 15 is 0 Å². The zero-order valence-corrected chi connectivity index (χ0v) is 12.7. The lowest BCUT2D eigenvalue weighted by atomic mass is 10.1. The molecule has 0 spiro atoms. The maximum Gasteiger partial charge on any atom is 0.240 e. The van der Waals surface area contributed by atoms with Crippen molar-refractivity contribution >= 4 is 23.7 Å². The van der Waals surface area contributed by atoms with Crippen molar-refractivity contribution in [1.29, 1.82) is 0 Å². The van der Waals surface area contributed by atoms with E-state index in [9.17, 15) is 9.90 Å². The Labute approximate surface area is 134 Å². The van der Waals surface area contributed by atoms with Crippen molar-refractivity contribution in [2.24, 2.45) is 5.10 Å². The fraction of sp³-hybridized carbons (Fsp3) is 0.176. The van der Waals surface area contributed by atoms with Gasteiger partial charge < -0.3 is 5.11 Å². The third-order valence-corrected chi connectivity index (χ3v) is 3.47. The minimum absolute atomic E-state index is 0.190. The highest BCUT2D eigenvalue weighted by atomic mass is 35.5.